The highest BCUT2D eigenvalue weighted by Gasteiger charge is 1.97. The fraction of sp³-hybridized carbons (Fsp3) is 0.125. The summed E-state index contributed by atoms with van der Waals surface area (Å²) < 4.78 is 0. The molecule has 0 unspecified atom stereocenters. The number of nitriles is 1. The van der Waals surface area contributed by atoms with E-state index in [1.807, 2.05) is 30.5 Å². The standard InChI is InChI=1S/C8H8N2S/c1-6-2-3-7(10)8(4-6)11-5-9/h2-4H,10H2,1H3. The molecule has 0 saturated carbocycles. The van der Waals surface area contributed by atoms with Crippen LogP contribution in [0.5, 0.6) is 0 Å². The molecule has 0 aliphatic rings. The molecule has 0 saturated heterocycles. The van der Waals surface area contributed by atoms with Gasteiger partial charge < -0.3 is 5.73 Å². The van der Waals surface area contributed by atoms with Crippen LogP contribution in [0.25, 0.3) is 0 Å². The first-order valence-corrected chi connectivity index (χ1v) is 3.98. The number of nitrogen functional groups attached to an aromatic ring is 1. The normalized spacial score (nSPS) is 9.09. The third-order valence-corrected chi connectivity index (χ3v) is 1.99. The Hall–Kier alpha value is -1.14. The van der Waals surface area contributed by atoms with Gasteiger partial charge >= 0.3 is 0 Å². The van der Waals surface area contributed by atoms with E-state index in [-0.39, 0.29) is 0 Å². The maximum absolute atomic E-state index is 8.39. The molecular formula is C8H8N2S. The maximum Gasteiger partial charge on any atom is 0.138 e. The van der Waals surface area contributed by atoms with Gasteiger partial charge in [0, 0.05) is 10.6 Å². The number of nitrogens with two attached hydrogens (primary N) is 1. The summed E-state index contributed by atoms with van der Waals surface area (Å²) in [6, 6.07) is 5.65. The predicted molar refractivity (Wildman–Crippen MR) is 47.1 cm³/mol. The molecule has 0 aliphatic carbocycles. The number of hydrogen-bond donors (Lipinski definition) is 1. The van der Waals surface area contributed by atoms with Crippen LogP contribution in [0.2, 0.25) is 0 Å². The second-order valence-corrected chi connectivity index (χ2v) is 3.06. The summed E-state index contributed by atoms with van der Waals surface area (Å²) in [7, 11) is 0. The molecule has 0 atom stereocenters. The number of benzene rings is 1. The molecule has 0 aliphatic heterocycles. The van der Waals surface area contributed by atoms with Gasteiger partial charge in [0.25, 0.3) is 0 Å². The molecule has 2 nitrogen and oxygen atoms in total. The average Bonchev–Trinajstić information content (AvgIpc) is 1.98. The first-order valence-electron chi connectivity index (χ1n) is 3.16. The lowest BCUT2D eigenvalue weighted by molar-refractivity contribution is 1.37. The summed E-state index contributed by atoms with van der Waals surface area (Å²) in [5, 5.41) is 10.4. The van der Waals surface area contributed by atoms with E-state index in [9.17, 15) is 0 Å². The molecule has 0 spiro atoms. The minimum Gasteiger partial charge on any atom is -0.398 e. The quantitative estimate of drug-likeness (QED) is 0.393. The van der Waals surface area contributed by atoms with Crippen molar-refractivity contribution in [1.29, 1.82) is 5.26 Å². The van der Waals surface area contributed by atoms with E-state index in [1.165, 1.54) is 0 Å². The van der Waals surface area contributed by atoms with Crippen LogP contribution in [0.4, 0.5) is 5.69 Å². The molecule has 1 rings (SSSR count). The minimum absolute atomic E-state index is 0.669. The van der Waals surface area contributed by atoms with Gasteiger partial charge in [-0.2, -0.15) is 5.26 Å². The van der Waals surface area contributed by atoms with E-state index in [2.05, 4.69) is 0 Å². The summed E-state index contributed by atoms with van der Waals surface area (Å²) in [5.41, 5.74) is 7.39. The molecule has 56 valence electrons. The van der Waals surface area contributed by atoms with Gasteiger partial charge in [0.15, 0.2) is 0 Å². The van der Waals surface area contributed by atoms with Crippen LogP contribution in [0.15, 0.2) is 23.1 Å². The maximum atomic E-state index is 8.39. The van der Waals surface area contributed by atoms with Crippen molar-refractivity contribution < 1.29 is 0 Å². The van der Waals surface area contributed by atoms with Crippen molar-refractivity contribution in [3.63, 3.8) is 0 Å². The summed E-state index contributed by atoms with van der Waals surface area (Å²) in [5.74, 6) is 0. The van der Waals surface area contributed by atoms with Gasteiger partial charge in [0.05, 0.1) is 0 Å². The van der Waals surface area contributed by atoms with E-state index < -0.39 is 0 Å². The Labute approximate surface area is 70.0 Å². The molecule has 11 heavy (non-hydrogen) atoms. The average molecular weight is 164 g/mol. The Morgan fingerprint density at radius 2 is 2.27 bits per heavy atom. The van der Waals surface area contributed by atoms with Crippen LogP contribution in [0, 0.1) is 17.6 Å². The summed E-state index contributed by atoms with van der Waals surface area (Å²) in [4.78, 5) is 0.840. The molecule has 3 heteroatoms. The number of nitrogens with zero attached hydrogens (tertiary/aromatic N) is 1. The summed E-state index contributed by atoms with van der Waals surface area (Å²) in [6.07, 6.45) is 0. The van der Waals surface area contributed by atoms with Gasteiger partial charge in [0.1, 0.15) is 5.40 Å². The van der Waals surface area contributed by atoms with Crippen LogP contribution >= 0.6 is 11.8 Å². The van der Waals surface area contributed by atoms with Gasteiger partial charge in [-0.05, 0) is 36.4 Å². The number of aryl methyl sites for hydroxylation is 1. The Kier molecular flexibility index (Phi) is 2.40. The highest BCUT2D eigenvalue weighted by molar-refractivity contribution is 8.03. The van der Waals surface area contributed by atoms with E-state index >= 15 is 0 Å². The van der Waals surface area contributed by atoms with Crippen LogP contribution in [-0.2, 0) is 0 Å². The van der Waals surface area contributed by atoms with Crippen LogP contribution in [-0.4, -0.2) is 0 Å². The third-order valence-electron chi connectivity index (χ3n) is 1.32. The lowest BCUT2D eigenvalue weighted by Gasteiger charge is -2.00. The van der Waals surface area contributed by atoms with E-state index in [4.69, 9.17) is 11.0 Å². The number of thioether (sulfide) groups is 1. The zero-order valence-corrected chi connectivity index (χ0v) is 6.98. The van der Waals surface area contributed by atoms with Crippen LogP contribution in [0.1, 0.15) is 5.56 Å². The smallest absolute Gasteiger partial charge is 0.138 e. The monoisotopic (exact) mass is 164 g/mol. The molecular weight excluding hydrogens is 156 g/mol. The van der Waals surface area contributed by atoms with Crippen LogP contribution in [0.3, 0.4) is 0 Å². The minimum atomic E-state index is 0.669. The molecule has 0 radical (unpaired) electrons. The van der Waals surface area contributed by atoms with Gasteiger partial charge in [0.2, 0.25) is 0 Å². The Balaban J connectivity index is 3.05. The molecule has 1 aromatic carbocycles. The predicted octanol–water partition coefficient (Wildman–Crippen LogP) is 2.15. The first kappa shape index (κ1) is 7.96. The lowest BCUT2D eigenvalue weighted by atomic mass is 10.2. The fourth-order valence-electron chi connectivity index (χ4n) is 0.779. The first-order chi connectivity index (χ1) is 5.24. The van der Waals surface area contributed by atoms with E-state index in [1.54, 1.807) is 0 Å². The van der Waals surface area contributed by atoms with Crippen molar-refractivity contribution in [3.8, 4) is 5.40 Å². The van der Waals surface area contributed by atoms with Gasteiger partial charge in [-0.15, -0.1) is 0 Å². The number of thiocyanates is 1. The second kappa shape index (κ2) is 3.31. The van der Waals surface area contributed by atoms with E-state index in [0.717, 1.165) is 22.2 Å². The number of anilines is 1. The van der Waals surface area contributed by atoms with Crippen LogP contribution < -0.4 is 5.73 Å². The Morgan fingerprint density at radius 1 is 1.55 bits per heavy atom. The molecule has 0 aromatic heterocycles. The zero-order chi connectivity index (χ0) is 8.27. The van der Waals surface area contributed by atoms with Gasteiger partial charge in [-0.25, -0.2) is 0 Å². The van der Waals surface area contributed by atoms with Gasteiger partial charge in [-0.1, -0.05) is 6.07 Å². The van der Waals surface area contributed by atoms with Crippen molar-refractivity contribution >= 4 is 17.4 Å². The molecule has 0 amide bonds. The van der Waals surface area contributed by atoms with E-state index in [0.29, 0.717) is 5.69 Å². The molecule has 0 bridgehead atoms. The topological polar surface area (TPSA) is 49.8 Å². The van der Waals surface area contributed by atoms with Gasteiger partial charge in [-0.3, -0.25) is 0 Å². The Bertz CT molecular complexity index is 301. The second-order valence-electron chi connectivity index (χ2n) is 2.23. The molecule has 1 aromatic rings. The lowest BCUT2D eigenvalue weighted by Crippen LogP contribution is -1.87. The van der Waals surface area contributed by atoms with Crippen molar-refractivity contribution in [2.45, 2.75) is 11.8 Å². The fourth-order valence-corrected chi connectivity index (χ4v) is 1.31. The molecule has 0 heterocycles. The van der Waals surface area contributed by atoms with Crippen molar-refractivity contribution in [3.05, 3.63) is 23.8 Å². The van der Waals surface area contributed by atoms with Crippen molar-refractivity contribution in [1.82, 2.24) is 0 Å². The van der Waals surface area contributed by atoms with Crippen molar-refractivity contribution in [2.75, 3.05) is 5.73 Å². The highest BCUT2D eigenvalue weighted by atomic mass is 32.2. The Morgan fingerprint density at radius 3 is 2.91 bits per heavy atom. The highest BCUT2D eigenvalue weighted by Crippen LogP contribution is 2.24. The molecule has 0 fully saturated rings. The summed E-state index contributed by atoms with van der Waals surface area (Å²) in [6.45, 7) is 1.97. The number of hydrogen-bond acceptors (Lipinski definition) is 3. The summed E-state index contributed by atoms with van der Waals surface area (Å²) >= 11 is 1.10. The largest absolute Gasteiger partial charge is 0.398 e. The molecule has 2 N–H and O–H groups in total. The SMILES string of the molecule is Cc1ccc(N)c(SC#N)c1. The zero-order valence-electron chi connectivity index (χ0n) is 6.16. The van der Waals surface area contributed by atoms with Crippen molar-refractivity contribution in [2.24, 2.45) is 0 Å². The number of rotatable bonds is 1. The third kappa shape index (κ3) is 1.89.